The first kappa shape index (κ1) is 15.3. The molecule has 1 amide bonds. The van der Waals surface area contributed by atoms with E-state index in [1.807, 2.05) is 0 Å². The van der Waals surface area contributed by atoms with Crippen LogP contribution in [0.5, 0.6) is 0 Å². The van der Waals surface area contributed by atoms with Gasteiger partial charge in [-0.15, -0.1) is 0 Å². The number of carbonyl (C=O) groups is 2. The third-order valence-electron chi connectivity index (χ3n) is 4.91. The van der Waals surface area contributed by atoms with Crippen molar-refractivity contribution in [2.45, 2.75) is 57.4 Å². The molecule has 0 aromatic carbocycles. The zero-order chi connectivity index (χ0) is 14.6. The maximum absolute atomic E-state index is 12.5. The number of hydrogen-bond acceptors (Lipinski definition) is 3. The van der Waals surface area contributed by atoms with E-state index in [0.29, 0.717) is 26.1 Å². The van der Waals surface area contributed by atoms with Crippen LogP contribution in [-0.4, -0.2) is 35.7 Å². The SMILES string of the molecule is CCC1(NC(=O)C2CCCC(C(=O)O)C2)CCOCC1. The molecule has 5 heteroatoms. The van der Waals surface area contributed by atoms with E-state index in [9.17, 15) is 9.59 Å². The lowest BCUT2D eigenvalue weighted by Gasteiger charge is -2.39. The highest BCUT2D eigenvalue weighted by molar-refractivity contribution is 5.80. The van der Waals surface area contributed by atoms with Crippen LogP contribution in [0, 0.1) is 11.8 Å². The van der Waals surface area contributed by atoms with Gasteiger partial charge in [-0.1, -0.05) is 13.3 Å². The number of rotatable bonds is 4. The van der Waals surface area contributed by atoms with Crippen LogP contribution in [0.4, 0.5) is 0 Å². The summed E-state index contributed by atoms with van der Waals surface area (Å²) in [5.41, 5.74) is -0.147. The number of carbonyl (C=O) groups excluding carboxylic acids is 1. The molecule has 1 heterocycles. The van der Waals surface area contributed by atoms with Crippen LogP contribution in [0.15, 0.2) is 0 Å². The van der Waals surface area contributed by atoms with Gasteiger partial charge in [0, 0.05) is 24.7 Å². The fourth-order valence-corrected chi connectivity index (χ4v) is 3.34. The molecule has 114 valence electrons. The van der Waals surface area contributed by atoms with Gasteiger partial charge in [0.1, 0.15) is 0 Å². The first-order valence-electron chi connectivity index (χ1n) is 7.69. The number of hydrogen-bond donors (Lipinski definition) is 2. The molecule has 2 fully saturated rings. The standard InChI is InChI=1S/C15H25NO4/c1-2-15(6-8-20-9-7-15)16-13(17)11-4-3-5-12(10-11)14(18)19/h11-12H,2-10H2,1H3,(H,16,17)(H,18,19). The lowest BCUT2D eigenvalue weighted by atomic mass is 9.79. The summed E-state index contributed by atoms with van der Waals surface area (Å²) in [7, 11) is 0. The van der Waals surface area contributed by atoms with Gasteiger partial charge in [0.05, 0.1) is 5.92 Å². The molecule has 2 N–H and O–H groups in total. The number of nitrogens with one attached hydrogen (secondary N) is 1. The van der Waals surface area contributed by atoms with Crippen LogP contribution in [0.2, 0.25) is 0 Å². The van der Waals surface area contributed by atoms with Gasteiger partial charge < -0.3 is 15.2 Å². The molecule has 0 spiro atoms. The Bertz CT molecular complexity index is 363. The number of ether oxygens (including phenoxy) is 1. The van der Waals surface area contributed by atoms with Gasteiger partial charge in [-0.25, -0.2) is 0 Å². The summed E-state index contributed by atoms with van der Waals surface area (Å²) in [5.74, 6) is -1.22. The largest absolute Gasteiger partial charge is 0.481 e. The topological polar surface area (TPSA) is 75.6 Å². The molecule has 0 radical (unpaired) electrons. The van der Waals surface area contributed by atoms with Crippen LogP contribution in [-0.2, 0) is 14.3 Å². The van der Waals surface area contributed by atoms with Gasteiger partial charge in [-0.3, -0.25) is 9.59 Å². The summed E-state index contributed by atoms with van der Waals surface area (Å²) in [6.07, 6.45) is 5.43. The zero-order valence-electron chi connectivity index (χ0n) is 12.2. The van der Waals surface area contributed by atoms with Crippen LogP contribution in [0.3, 0.4) is 0 Å². The van der Waals surface area contributed by atoms with Crippen molar-refractivity contribution in [2.24, 2.45) is 11.8 Å². The minimum Gasteiger partial charge on any atom is -0.481 e. The summed E-state index contributed by atoms with van der Waals surface area (Å²) >= 11 is 0. The Kier molecular flexibility index (Phi) is 5.02. The number of carboxylic acid groups (broad SMARTS) is 1. The van der Waals surface area contributed by atoms with E-state index >= 15 is 0 Å². The van der Waals surface area contributed by atoms with E-state index in [0.717, 1.165) is 32.1 Å². The molecule has 1 saturated carbocycles. The van der Waals surface area contributed by atoms with Gasteiger partial charge in [0.15, 0.2) is 0 Å². The molecular weight excluding hydrogens is 258 g/mol. The second kappa shape index (κ2) is 6.57. The molecule has 1 saturated heterocycles. The van der Waals surface area contributed by atoms with Crippen molar-refractivity contribution >= 4 is 11.9 Å². The van der Waals surface area contributed by atoms with Gasteiger partial charge in [0.2, 0.25) is 5.91 Å². The van der Waals surface area contributed by atoms with E-state index < -0.39 is 5.97 Å². The summed E-state index contributed by atoms with van der Waals surface area (Å²) < 4.78 is 5.37. The van der Waals surface area contributed by atoms with Crippen LogP contribution in [0.1, 0.15) is 51.9 Å². The number of carboxylic acids is 1. The fraction of sp³-hybridized carbons (Fsp3) is 0.867. The minimum absolute atomic E-state index is 0.0414. The van der Waals surface area contributed by atoms with Crippen LogP contribution < -0.4 is 5.32 Å². The highest BCUT2D eigenvalue weighted by atomic mass is 16.5. The van der Waals surface area contributed by atoms with E-state index in [1.165, 1.54) is 0 Å². The third kappa shape index (κ3) is 3.51. The van der Waals surface area contributed by atoms with Crippen molar-refractivity contribution in [3.05, 3.63) is 0 Å². The van der Waals surface area contributed by atoms with Crippen molar-refractivity contribution in [3.8, 4) is 0 Å². The highest BCUT2D eigenvalue weighted by Crippen LogP contribution is 2.31. The Hall–Kier alpha value is -1.10. The minimum atomic E-state index is -0.765. The molecule has 2 atom stereocenters. The molecule has 1 aliphatic carbocycles. The van der Waals surface area contributed by atoms with Crippen LogP contribution in [0.25, 0.3) is 0 Å². The molecule has 2 rings (SSSR count). The molecular formula is C15H25NO4. The maximum atomic E-state index is 12.5. The summed E-state index contributed by atoms with van der Waals surface area (Å²) in [6.45, 7) is 3.47. The predicted octanol–water partition coefficient (Wildman–Crippen LogP) is 1.95. The molecule has 1 aliphatic heterocycles. The number of amides is 1. The van der Waals surface area contributed by atoms with Crippen molar-refractivity contribution in [1.82, 2.24) is 5.32 Å². The zero-order valence-corrected chi connectivity index (χ0v) is 12.2. The van der Waals surface area contributed by atoms with E-state index in [4.69, 9.17) is 9.84 Å². The first-order valence-corrected chi connectivity index (χ1v) is 7.69. The Balaban J connectivity index is 1.94. The van der Waals surface area contributed by atoms with Crippen molar-refractivity contribution < 1.29 is 19.4 Å². The highest BCUT2D eigenvalue weighted by Gasteiger charge is 2.36. The Morgan fingerprint density at radius 1 is 1.25 bits per heavy atom. The van der Waals surface area contributed by atoms with Gasteiger partial charge >= 0.3 is 5.97 Å². The summed E-state index contributed by atoms with van der Waals surface area (Å²) in [6, 6.07) is 0. The van der Waals surface area contributed by atoms with Crippen LogP contribution >= 0.6 is 0 Å². The second-order valence-corrected chi connectivity index (χ2v) is 6.13. The van der Waals surface area contributed by atoms with Gasteiger partial charge in [-0.05, 0) is 38.5 Å². The molecule has 5 nitrogen and oxygen atoms in total. The molecule has 0 aromatic heterocycles. The smallest absolute Gasteiger partial charge is 0.306 e. The molecule has 0 bridgehead atoms. The first-order chi connectivity index (χ1) is 9.56. The maximum Gasteiger partial charge on any atom is 0.306 e. The normalized spacial score (nSPS) is 29.6. The predicted molar refractivity (Wildman–Crippen MR) is 74.3 cm³/mol. The molecule has 20 heavy (non-hydrogen) atoms. The van der Waals surface area contributed by atoms with Gasteiger partial charge in [0.25, 0.3) is 0 Å². The third-order valence-corrected chi connectivity index (χ3v) is 4.91. The lowest BCUT2D eigenvalue weighted by molar-refractivity contribution is -0.144. The van der Waals surface area contributed by atoms with Gasteiger partial charge in [-0.2, -0.15) is 0 Å². The van der Waals surface area contributed by atoms with E-state index in [-0.39, 0.29) is 23.3 Å². The number of aliphatic carboxylic acids is 1. The monoisotopic (exact) mass is 283 g/mol. The Morgan fingerprint density at radius 3 is 2.50 bits per heavy atom. The summed E-state index contributed by atoms with van der Waals surface area (Å²) in [4.78, 5) is 23.5. The van der Waals surface area contributed by atoms with Crippen molar-refractivity contribution in [1.29, 1.82) is 0 Å². The quantitative estimate of drug-likeness (QED) is 0.827. The molecule has 2 unspecified atom stereocenters. The van der Waals surface area contributed by atoms with Crippen molar-refractivity contribution in [2.75, 3.05) is 13.2 Å². The average molecular weight is 283 g/mol. The fourth-order valence-electron chi connectivity index (χ4n) is 3.34. The lowest BCUT2D eigenvalue weighted by Crippen LogP contribution is -2.53. The Morgan fingerprint density at radius 2 is 1.90 bits per heavy atom. The Labute approximate surface area is 120 Å². The second-order valence-electron chi connectivity index (χ2n) is 6.13. The van der Waals surface area contributed by atoms with E-state index in [1.54, 1.807) is 0 Å². The van der Waals surface area contributed by atoms with Crippen molar-refractivity contribution in [3.63, 3.8) is 0 Å². The molecule has 2 aliphatic rings. The van der Waals surface area contributed by atoms with E-state index in [2.05, 4.69) is 12.2 Å². The molecule has 0 aromatic rings. The average Bonchev–Trinajstić information content (AvgIpc) is 2.48. The summed E-state index contributed by atoms with van der Waals surface area (Å²) in [5, 5.41) is 12.3.